The zero-order chi connectivity index (χ0) is 13.0. The normalized spacial score (nSPS) is 12.6. The van der Waals surface area contributed by atoms with Crippen molar-refractivity contribution in [1.29, 1.82) is 0 Å². The Morgan fingerprint density at radius 2 is 2.06 bits per heavy atom. The second kappa shape index (κ2) is 6.11. The van der Waals surface area contributed by atoms with Crippen molar-refractivity contribution in [2.24, 2.45) is 5.73 Å². The number of hydrogen-bond acceptors (Lipinski definition) is 4. The number of benzene rings is 1. The molecular weight excluding hydrogens is 294 g/mol. The van der Waals surface area contributed by atoms with Crippen LogP contribution in [0.2, 0.25) is 0 Å². The van der Waals surface area contributed by atoms with Crippen molar-refractivity contribution >= 4 is 15.9 Å². The maximum Gasteiger partial charge on any atom is 0.243 e. The van der Waals surface area contributed by atoms with Crippen molar-refractivity contribution in [2.45, 2.75) is 32.2 Å². The first-order valence-electron chi connectivity index (χ1n) is 6.01. The lowest BCUT2D eigenvalue weighted by Gasteiger charge is -2.02. The van der Waals surface area contributed by atoms with Crippen molar-refractivity contribution in [3.63, 3.8) is 0 Å². The Bertz CT molecular complexity index is 495. The van der Waals surface area contributed by atoms with Gasteiger partial charge in [-0.1, -0.05) is 46.6 Å². The minimum absolute atomic E-state index is 0.152. The number of nitrogens with zero attached hydrogens (tertiary/aromatic N) is 2. The maximum atomic E-state index is 5.93. The quantitative estimate of drug-likeness (QED) is 0.921. The molecule has 2 aromatic rings. The molecule has 1 aromatic heterocycles. The van der Waals surface area contributed by atoms with Gasteiger partial charge in [0, 0.05) is 10.9 Å². The van der Waals surface area contributed by atoms with Crippen molar-refractivity contribution in [3.8, 4) is 0 Å². The van der Waals surface area contributed by atoms with E-state index in [4.69, 9.17) is 10.3 Å². The molecule has 2 rings (SSSR count). The second-order valence-electron chi connectivity index (χ2n) is 4.25. The highest BCUT2D eigenvalue weighted by Gasteiger charge is 2.13. The summed E-state index contributed by atoms with van der Waals surface area (Å²) in [6.45, 7) is 2.08. The first-order chi connectivity index (χ1) is 8.69. The SMILES string of the molecule is CCC[C@H](N)c1nc(Cc2ccc(Br)cc2)no1. The summed E-state index contributed by atoms with van der Waals surface area (Å²) >= 11 is 3.41. The van der Waals surface area contributed by atoms with Gasteiger partial charge in [-0.3, -0.25) is 0 Å². The lowest BCUT2D eigenvalue weighted by atomic mass is 10.1. The third-order valence-corrected chi connectivity index (χ3v) is 3.20. The smallest absolute Gasteiger partial charge is 0.243 e. The topological polar surface area (TPSA) is 64.9 Å². The minimum atomic E-state index is -0.152. The minimum Gasteiger partial charge on any atom is -0.338 e. The van der Waals surface area contributed by atoms with Crippen LogP contribution in [0.5, 0.6) is 0 Å². The lowest BCUT2D eigenvalue weighted by Crippen LogP contribution is -2.10. The Labute approximate surface area is 115 Å². The van der Waals surface area contributed by atoms with Gasteiger partial charge in [0.25, 0.3) is 0 Å². The first kappa shape index (κ1) is 13.2. The molecular formula is C13H16BrN3O. The number of hydrogen-bond donors (Lipinski definition) is 1. The molecule has 1 atom stereocenters. The Morgan fingerprint density at radius 1 is 1.33 bits per heavy atom. The first-order valence-corrected chi connectivity index (χ1v) is 6.81. The molecule has 0 aliphatic carbocycles. The zero-order valence-corrected chi connectivity index (χ0v) is 11.9. The third kappa shape index (κ3) is 3.40. The summed E-state index contributed by atoms with van der Waals surface area (Å²) in [6, 6.07) is 7.91. The third-order valence-electron chi connectivity index (χ3n) is 2.68. The van der Waals surface area contributed by atoms with Crippen LogP contribution in [0.3, 0.4) is 0 Å². The van der Waals surface area contributed by atoms with E-state index in [1.807, 2.05) is 24.3 Å². The van der Waals surface area contributed by atoms with E-state index < -0.39 is 0 Å². The summed E-state index contributed by atoms with van der Waals surface area (Å²) in [5.41, 5.74) is 7.08. The average molecular weight is 310 g/mol. The standard InChI is InChI=1S/C13H16BrN3O/c1-2-3-11(15)13-16-12(17-18-13)8-9-4-6-10(14)7-5-9/h4-7,11H,2-3,8,15H2,1H3/t11-/m0/s1. The fourth-order valence-corrected chi connectivity index (χ4v) is 1.97. The number of nitrogens with two attached hydrogens (primary N) is 1. The van der Waals surface area contributed by atoms with E-state index in [1.165, 1.54) is 0 Å². The second-order valence-corrected chi connectivity index (χ2v) is 5.16. The van der Waals surface area contributed by atoms with Gasteiger partial charge in [-0.15, -0.1) is 0 Å². The molecule has 0 unspecified atom stereocenters. The fourth-order valence-electron chi connectivity index (χ4n) is 1.71. The predicted octanol–water partition coefficient (Wildman–Crippen LogP) is 3.22. The molecule has 0 saturated carbocycles. The Balaban J connectivity index is 2.04. The molecule has 96 valence electrons. The van der Waals surface area contributed by atoms with Crippen LogP contribution in [0.25, 0.3) is 0 Å². The van der Waals surface area contributed by atoms with Gasteiger partial charge in [0.05, 0.1) is 6.04 Å². The van der Waals surface area contributed by atoms with Gasteiger partial charge < -0.3 is 10.3 Å². The molecule has 0 spiro atoms. The molecule has 1 aromatic carbocycles. The van der Waals surface area contributed by atoms with Crippen molar-refractivity contribution < 1.29 is 4.52 Å². The number of halogens is 1. The van der Waals surface area contributed by atoms with Gasteiger partial charge >= 0.3 is 0 Å². The van der Waals surface area contributed by atoms with E-state index in [1.54, 1.807) is 0 Å². The summed E-state index contributed by atoms with van der Waals surface area (Å²) < 4.78 is 6.24. The van der Waals surface area contributed by atoms with Crippen LogP contribution < -0.4 is 5.73 Å². The van der Waals surface area contributed by atoms with Crippen LogP contribution in [0, 0.1) is 0 Å². The van der Waals surface area contributed by atoms with Gasteiger partial charge in [0.15, 0.2) is 5.82 Å². The lowest BCUT2D eigenvalue weighted by molar-refractivity contribution is 0.345. The van der Waals surface area contributed by atoms with E-state index in [0.29, 0.717) is 18.1 Å². The Morgan fingerprint density at radius 3 is 2.72 bits per heavy atom. The highest BCUT2D eigenvalue weighted by molar-refractivity contribution is 9.10. The van der Waals surface area contributed by atoms with Gasteiger partial charge in [0.1, 0.15) is 0 Å². The molecule has 5 heteroatoms. The molecule has 0 saturated heterocycles. The van der Waals surface area contributed by atoms with Gasteiger partial charge in [0.2, 0.25) is 5.89 Å². The van der Waals surface area contributed by atoms with E-state index in [-0.39, 0.29) is 6.04 Å². The Hall–Kier alpha value is -1.20. The molecule has 0 amide bonds. The molecule has 0 fully saturated rings. The summed E-state index contributed by atoms with van der Waals surface area (Å²) in [5.74, 6) is 1.21. The zero-order valence-electron chi connectivity index (χ0n) is 10.3. The molecule has 0 bridgehead atoms. The van der Waals surface area contributed by atoms with Crippen LogP contribution in [-0.4, -0.2) is 10.1 Å². The van der Waals surface area contributed by atoms with Gasteiger partial charge in [-0.05, 0) is 24.1 Å². The molecule has 0 aliphatic heterocycles. The van der Waals surface area contributed by atoms with E-state index in [2.05, 4.69) is 33.0 Å². The molecule has 18 heavy (non-hydrogen) atoms. The Kier molecular flexibility index (Phi) is 4.49. The molecule has 1 heterocycles. The molecule has 4 nitrogen and oxygen atoms in total. The van der Waals surface area contributed by atoms with E-state index >= 15 is 0 Å². The number of aromatic nitrogens is 2. The van der Waals surface area contributed by atoms with Crippen molar-refractivity contribution in [2.75, 3.05) is 0 Å². The summed E-state index contributed by atoms with van der Waals surface area (Å²) in [4.78, 5) is 4.33. The van der Waals surface area contributed by atoms with Gasteiger partial charge in [-0.25, -0.2) is 0 Å². The van der Waals surface area contributed by atoms with Crippen LogP contribution >= 0.6 is 15.9 Å². The largest absolute Gasteiger partial charge is 0.338 e. The van der Waals surface area contributed by atoms with Gasteiger partial charge in [-0.2, -0.15) is 4.98 Å². The van der Waals surface area contributed by atoms with E-state index in [9.17, 15) is 0 Å². The maximum absolute atomic E-state index is 5.93. The monoisotopic (exact) mass is 309 g/mol. The molecule has 0 aliphatic rings. The predicted molar refractivity (Wildman–Crippen MR) is 73.1 cm³/mol. The van der Waals surface area contributed by atoms with Crippen LogP contribution in [0.1, 0.15) is 43.1 Å². The summed E-state index contributed by atoms with van der Waals surface area (Å²) in [6.07, 6.45) is 2.53. The molecule has 2 N–H and O–H groups in total. The van der Waals surface area contributed by atoms with Crippen molar-refractivity contribution in [1.82, 2.24) is 10.1 Å². The van der Waals surface area contributed by atoms with E-state index in [0.717, 1.165) is 22.9 Å². The van der Waals surface area contributed by atoms with Crippen molar-refractivity contribution in [3.05, 3.63) is 46.0 Å². The highest BCUT2D eigenvalue weighted by atomic mass is 79.9. The molecule has 0 radical (unpaired) electrons. The average Bonchev–Trinajstić information content (AvgIpc) is 2.81. The van der Waals surface area contributed by atoms with Crippen LogP contribution in [-0.2, 0) is 6.42 Å². The van der Waals surface area contributed by atoms with Crippen LogP contribution in [0.4, 0.5) is 0 Å². The number of rotatable bonds is 5. The summed E-state index contributed by atoms with van der Waals surface area (Å²) in [7, 11) is 0. The highest BCUT2D eigenvalue weighted by Crippen LogP contribution is 2.16. The summed E-state index contributed by atoms with van der Waals surface area (Å²) in [5, 5.41) is 3.96. The fraction of sp³-hybridized carbons (Fsp3) is 0.385. The van der Waals surface area contributed by atoms with Crippen LogP contribution in [0.15, 0.2) is 33.3 Å².